The maximum absolute atomic E-state index is 6.40. The van der Waals surface area contributed by atoms with Gasteiger partial charge in [-0.2, -0.15) is 0 Å². The predicted molar refractivity (Wildman–Crippen MR) is 104 cm³/mol. The van der Waals surface area contributed by atoms with E-state index in [1.807, 2.05) is 6.07 Å². The minimum atomic E-state index is 0. The van der Waals surface area contributed by atoms with Crippen LogP contribution in [0, 0.1) is 0 Å². The van der Waals surface area contributed by atoms with Crippen molar-refractivity contribution in [3.8, 4) is 0 Å². The molecule has 0 aromatic heterocycles. The van der Waals surface area contributed by atoms with Gasteiger partial charge in [-0.1, -0.05) is 88.6 Å². The minimum absolute atomic E-state index is 0. The largest absolute Gasteiger partial charge is 1.00 e. The van der Waals surface area contributed by atoms with Gasteiger partial charge in [0, 0.05) is 6.42 Å². The van der Waals surface area contributed by atoms with E-state index in [0.717, 1.165) is 25.9 Å². The van der Waals surface area contributed by atoms with Gasteiger partial charge in [0.25, 0.3) is 0 Å². The summed E-state index contributed by atoms with van der Waals surface area (Å²) in [5, 5.41) is 0. The molecule has 1 aromatic carbocycles. The van der Waals surface area contributed by atoms with Crippen molar-refractivity contribution in [1.29, 1.82) is 0 Å². The Kier molecular flexibility index (Phi) is 15.3. The van der Waals surface area contributed by atoms with E-state index in [1.165, 1.54) is 63.4 Å². The van der Waals surface area contributed by atoms with Crippen molar-refractivity contribution >= 4 is 23.6 Å². The van der Waals surface area contributed by atoms with Crippen molar-refractivity contribution in [2.45, 2.75) is 77.6 Å². The lowest BCUT2D eigenvalue weighted by Gasteiger charge is -2.19. The van der Waals surface area contributed by atoms with Gasteiger partial charge in [0.05, 0.1) is 0 Å². The fourth-order valence-electron chi connectivity index (χ4n) is 2.88. The first-order valence-electron chi connectivity index (χ1n) is 9.44. The quantitative estimate of drug-likeness (QED) is 0.326. The van der Waals surface area contributed by atoms with Crippen LogP contribution in [-0.4, -0.2) is 16.6 Å². The molecule has 0 N–H and O–H groups in total. The average molecular weight is 395 g/mol. The number of unbranched alkanes of at least 4 members (excludes halogenated alkanes) is 9. The third kappa shape index (κ3) is 13.4. The number of hydrogen-bond donors (Lipinski definition) is 0. The molecule has 1 nitrogen and oxygen atoms in total. The maximum atomic E-state index is 6.40. The van der Waals surface area contributed by atoms with Gasteiger partial charge < -0.3 is 12.4 Å². The average Bonchev–Trinajstić information content (AvgIpc) is 2.56. The zero-order valence-electron chi connectivity index (χ0n) is 15.2. The highest BCUT2D eigenvalue weighted by Gasteiger charge is 2.23. The van der Waals surface area contributed by atoms with Crippen molar-refractivity contribution in [2.24, 2.45) is 0 Å². The van der Waals surface area contributed by atoms with E-state index in [9.17, 15) is 0 Å². The zero-order chi connectivity index (χ0) is 16.8. The first-order valence-corrected chi connectivity index (χ1v) is 10.1. The Morgan fingerprint density at radius 3 is 1.75 bits per heavy atom. The number of halogens is 3. The van der Waals surface area contributed by atoms with Gasteiger partial charge >= 0.3 is 0 Å². The molecule has 1 aromatic rings. The van der Waals surface area contributed by atoms with Gasteiger partial charge in [-0.15, -0.1) is 3.52 Å². The van der Waals surface area contributed by atoms with Crippen LogP contribution in [0.4, 0.5) is 0 Å². The summed E-state index contributed by atoms with van der Waals surface area (Å²) in [6.07, 6.45) is 14.3. The van der Waals surface area contributed by atoms with Crippen LogP contribution in [0.3, 0.4) is 0 Å². The van der Waals surface area contributed by atoms with Gasteiger partial charge in [-0.05, 0) is 18.4 Å². The lowest BCUT2D eigenvalue weighted by molar-refractivity contribution is -0.690. The summed E-state index contributed by atoms with van der Waals surface area (Å²) in [4.78, 5) is 0. The Balaban J connectivity index is 0.00000529. The summed E-state index contributed by atoms with van der Waals surface area (Å²) in [5.41, 5.74) is 1.30. The minimum Gasteiger partial charge on any atom is -1.00 e. The van der Waals surface area contributed by atoms with Crippen LogP contribution in [0.5, 0.6) is 0 Å². The van der Waals surface area contributed by atoms with Crippen molar-refractivity contribution in [3.05, 3.63) is 35.9 Å². The molecule has 0 amide bonds. The number of quaternary nitrogens is 1. The van der Waals surface area contributed by atoms with E-state index in [2.05, 4.69) is 31.2 Å². The van der Waals surface area contributed by atoms with Crippen molar-refractivity contribution in [1.82, 2.24) is 0 Å². The molecule has 0 atom stereocenters. The third-order valence-electron chi connectivity index (χ3n) is 4.41. The Bertz CT molecular complexity index is 382. The van der Waals surface area contributed by atoms with E-state index in [-0.39, 0.29) is 15.9 Å². The summed E-state index contributed by atoms with van der Waals surface area (Å²) < 4.78 is 0.103. The first kappa shape index (κ1) is 24.1. The molecule has 0 unspecified atom stereocenters. The smallest absolute Gasteiger partial charge is 0.186 e. The second kappa shape index (κ2) is 15.3. The predicted octanol–water partition coefficient (Wildman–Crippen LogP) is 4.28. The summed E-state index contributed by atoms with van der Waals surface area (Å²) in [7, 11) is 0. The molecule has 1 rings (SSSR count). The molecule has 0 saturated heterocycles. The number of rotatable bonds is 14. The molecule has 140 valence electrons. The molecular weight excluding hydrogens is 361 g/mol. The van der Waals surface area contributed by atoms with Crippen LogP contribution in [0.1, 0.15) is 76.7 Å². The molecule has 0 heterocycles. The molecule has 0 saturated carbocycles. The van der Waals surface area contributed by atoms with Crippen LogP contribution < -0.4 is 12.4 Å². The number of benzene rings is 1. The Labute approximate surface area is 165 Å². The Morgan fingerprint density at radius 2 is 1.21 bits per heavy atom. The highest BCUT2D eigenvalue weighted by Crippen LogP contribution is 2.21. The van der Waals surface area contributed by atoms with Crippen LogP contribution >= 0.6 is 23.6 Å². The summed E-state index contributed by atoms with van der Waals surface area (Å²) >= 11 is 12.8. The Hall–Kier alpha value is 0.0500. The number of hydrogen-bond acceptors (Lipinski definition) is 0. The van der Waals surface area contributed by atoms with E-state index >= 15 is 0 Å². The zero-order valence-corrected chi connectivity index (χ0v) is 17.4. The topological polar surface area (TPSA) is 0 Å². The van der Waals surface area contributed by atoms with Crippen LogP contribution in [-0.2, 0) is 6.42 Å². The molecule has 0 fully saturated rings. The molecular formula is C20H34Cl3N. The Morgan fingerprint density at radius 1 is 0.708 bits per heavy atom. The van der Waals surface area contributed by atoms with Gasteiger partial charge in [-0.3, -0.25) is 0 Å². The molecule has 4 heteroatoms. The lowest BCUT2D eigenvalue weighted by Crippen LogP contribution is -3.00. The third-order valence-corrected chi connectivity index (χ3v) is 5.09. The summed E-state index contributed by atoms with van der Waals surface area (Å²) in [6.45, 7) is 3.91. The highest BCUT2D eigenvalue weighted by atomic mass is 35.5. The maximum Gasteiger partial charge on any atom is 0.186 e. The molecule has 0 radical (unpaired) electrons. The van der Waals surface area contributed by atoms with E-state index in [0.29, 0.717) is 0 Å². The summed E-state index contributed by atoms with van der Waals surface area (Å²) in [6, 6.07) is 10.4. The monoisotopic (exact) mass is 393 g/mol. The normalized spacial score (nSPS) is 11.3. The van der Waals surface area contributed by atoms with E-state index in [1.54, 1.807) is 0 Å². The fraction of sp³-hybridized carbons (Fsp3) is 0.700. The van der Waals surface area contributed by atoms with E-state index < -0.39 is 0 Å². The SMILES string of the molecule is CCCCCCCCCCCC[N+](Cl)(Cl)CCc1ccccc1.[Cl-]. The van der Waals surface area contributed by atoms with Crippen LogP contribution in [0.2, 0.25) is 0 Å². The van der Waals surface area contributed by atoms with Crippen LogP contribution in [0.15, 0.2) is 30.3 Å². The first-order chi connectivity index (χ1) is 11.1. The van der Waals surface area contributed by atoms with Gasteiger partial charge in [0.15, 0.2) is 23.6 Å². The van der Waals surface area contributed by atoms with Crippen molar-refractivity contribution < 1.29 is 15.9 Å². The van der Waals surface area contributed by atoms with Crippen molar-refractivity contribution in [3.63, 3.8) is 0 Å². The van der Waals surface area contributed by atoms with E-state index in [4.69, 9.17) is 23.6 Å². The molecule has 0 aliphatic rings. The molecule has 0 aliphatic heterocycles. The molecule has 24 heavy (non-hydrogen) atoms. The number of nitrogens with zero attached hydrogens (tertiary/aromatic N) is 1. The van der Waals surface area contributed by atoms with Crippen LogP contribution in [0.25, 0.3) is 0 Å². The molecule has 0 aliphatic carbocycles. The second-order valence-corrected chi connectivity index (χ2v) is 8.10. The molecule has 0 bridgehead atoms. The summed E-state index contributed by atoms with van der Waals surface area (Å²) in [5.74, 6) is 0. The lowest BCUT2D eigenvalue weighted by atomic mass is 10.1. The standard InChI is InChI=1S/C20H34Cl2N.ClH/c1-2-3-4-5-6-7-8-9-10-14-18-23(21,22)19-17-20-15-12-11-13-16-20;/h11-13,15-16H,2-10,14,17-19H2,1H3;1H/q+1;/p-1. The van der Waals surface area contributed by atoms with Gasteiger partial charge in [0.2, 0.25) is 0 Å². The highest BCUT2D eigenvalue weighted by molar-refractivity contribution is 6.23. The van der Waals surface area contributed by atoms with Crippen molar-refractivity contribution in [2.75, 3.05) is 13.1 Å². The molecule has 0 spiro atoms. The van der Waals surface area contributed by atoms with Gasteiger partial charge in [-0.25, -0.2) is 0 Å². The second-order valence-electron chi connectivity index (χ2n) is 6.63. The fourth-order valence-corrected chi connectivity index (χ4v) is 3.29. The van der Waals surface area contributed by atoms with Gasteiger partial charge in [0.1, 0.15) is 13.1 Å².